The summed E-state index contributed by atoms with van der Waals surface area (Å²) in [6.07, 6.45) is 16.7. The molecule has 0 aromatic carbocycles. The Morgan fingerprint density at radius 2 is 1.62 bits per heavy atom. The third kappa shape index (κ3) is 11.1. The van der Waals surface area contributed by atoms with Crippen molar-refractivity contribution in [3.8, 4) is 0 Å². The number of carbonyl (C=O) groups is 4. The number of rotatable bonds is 12. The average Bonchev–Trinajstić information content (AvgIpc) is 3.55. The van der Waals surface area contributed by atoms with E-state index in [0.29, 0.717) is 17.1 Å². The second-order valence-electron chi connectivity index (χ2n) is 15.4. The Kier molecular flexibility index (Phi) is 20.8. The van der Waals surface area contributed by atoms with Gasteiger partial charge in [0, 0.05) is 30.9 Å². The molecule has 0 radical (unpaired) electrons. The highest BCUT2D eigenvalue weighted by Gasteiger charge is 2.59. The lowest BCUT2D eigenvalue weighted by atomic mass is 9.47. The third-order valence-electron chi connectivity index (χ3n) is 12.6. The second kappa shape index (κ2) is 21.4. The minimum atomic E-state index is -0.338. The van der Waals surface area contributed by atoms with Crippen LogP contribution in [0.25, 0.3) is 0 Å². The highest BCUT2D eigenvalue weighted by molar-refractivity contribution is 8.21. The molecule has 0 N–H and O–H groups in total. The summed E-state index contributed by atoms with van der Waals surface area (Å²) in [6, 6.07) is 0. The van der Waals surface area contributed by atoms with E-state index < -0.39 is 0 Å². The largest absolute Gasteiger partial charge is 0.462 e. The van der Waals surface area contributed by atoms with Crippen molar-refractivity contribution in [2.45, 2.75) is 179 Å². The maximum absolute atomic E-state index is 12.6. The van der Waals surface area contributed by atoms with E-state index in [-0.39, 0.29) is 90.7 Å². The summed E-state index contributed by atoms with van der Waals surface area (Å²) in [7, 11) is 7.45. The van der Waals surface area contributed by atoms with Crippen LogP contribution in [0.5, 0.6) is 0 Å². The van der Waals surface area contributed by atoms with Crippen LogP contribution >= 0.6 is 21.7 Å². The number of hydroxylamine groups is 2. The van der Waals surface area contributed by atoms with Gasteiger partial charge in [0.15, 0.2) is 0 Å². The zero-order valence-electron chi connectivity index (χ0n) is 29.1. The first-order valence-corrected chi connectivity index (χ1v) is 19.7. The summed E-state index contributed by atoms with van der Waals surface area (Å²) in [4.78, 5) is 51.0. The van der Waals surface area contributed by atoms with Gasteiger partial charge < -0.3 is 9.53 Å². The molecular weight excluding hydrogens is 670 g/mol. The van der Waals surface area contributed by atoms with Crippen molar-refractivity contribution in [1.82, 2.24) is 5.06 Å². The molecule has 4 aliphatic carbocycles. The van der Waals surface area contributed by atoms with Crippen molar-refractivity contribution in [1.29, 1.82) is 0 Å². The summed E-state index contributed by atoms with van der Waals surface area (Å²) < 4.78 is 5.86. The van der Waals surface area contributed by atoms with Crippen molar-refractivity contribution in [3.63, 3.8) is 0 Å². The van der Waals surface area contributed by atoms with E-state index in [1.807, 2.05) is 6.92 Å². The number of ether oxygens (including phenoxy) is 1. The van der Waals surface area contributed by atoms with E-state index in [4.69, 9.17) is 20.3 Å². The number of fused-ring (bicyclic) bond motifs is 5. The Morgan fingerprint density at radius 1 is 0.980 bits per heavy atom. The molecule has 0 aromatic heterocycles. The molecule has 50 heavy (non-hydrogen) atoms. The Morgan fingerprint density at radius 3 is 2.22 bits per heavy atom. The number of hydrogen-bond acceptors (Lipinski definition) is 7. The Bertz CT molecular complexity index is 1130. The van der Waals surface area contributed by atoms with Gasteiger partial charge in [0.25, 0.3) is 11.8 Å². The molecule has 3 saturated carbocycles. The number of Topliss-reactive ketones (excluding diaryl/α,β-unsaturated/α-hetero) is 1. The number of carbonyl (C=O) groups excluding carboxylic acids is 4. The van der Waals surface area contributed by atoms with Crippen LogP contribution in [0.4, 0.5) is 0 Å². The maximum atomic E-state index is 12.6. The quantitative estimate of drug-likeness (QED) is 0.112. The molecule has 2 amide bonds. The molecule has 5 aliphatic rings. The van der Waals surface area contributed by atoms with Gasteiger partial charge in [-0.2, -0.15) is 5.06 Å². The molecule has 292 valence electrons. The molecule has 5 rings (SSSR count). The summed E-state index contributed by atoms with van der Waals surface area (Å²) in [5.41, 5.74) is 2.19. The highest BCUT2D eigenvalue weighted by atomic mass is 35.7. The van der Waals surface area contributed by atoms with Crippen LogP contribution in [0.2, 0.25) is 0 Å². The molecule has 7 nitrogen and oxygen atoms in total. The van der Waals surface area contributed by atoms with Crippen LogP contribution in [0.1, 0.15) is 168 Å². The molecule has 1 aliphatic heterocycles. The normalized spacial score (nSPS) is 32.0. The number of imide groups is 1. The van der Waals surface area contributed by atoms with Crippen LogP contribution in [0.15, 0.2) is 11.6 Å². The van der Waals surface area contributed by atoms with E-state index in [2.05, 4.69) is 33.8 Å². The molecule has 0 aromatic rings. The van der Waals surface area contributed by atoms with Gasteiger partial charge in [0.05, 0.1) is 13.0 Å². The highest BCUT2D eigenvalue weighted by Crippen LogP contribution is 2.67. The first kappa shape index (κ1) is 48.6. The first-order chi connectivity index (χ1) is 21.8. The van der Waals surface area contributed by atoms with Gasteiger partial charge >= 0.3 is 5.97 Å². The van der Waals surface area contributed by atoms with E-state index in [1.165, 1.54) is 67.9 Å². The molecule has 1 heterocycles. The molecule has 9 atom stereocenters. The van der Waals surface area contributed by atoms with Gasteiger partial charge in [0.2, 0.25) is 0 Å². The predicted octanol–water partition coefficient (Wildman–Crippen LogP) is 11.6. The monoisotopic (exact) mass is 743 g/mol. The van der Waals surface area contributed by atoms with E-state index >= 15 is 0 Å². The molecule has 0 bridgehead atoms. The van der Waals surface area contributed by atoms with Crippen molar-refractivity contribution in [2.24, 2.45) is 40.4 Å². The number of halogens is 1. The zero-order chi connectivity index (χ0) is 33.6. The maximum Gasteiger partial charge on any atom is 0.308 e. The van der Waals surface area contributed by atoms with Gasteiger partial charge in [0.1, 0.15) is 11.9 Å². The molecule has 1 saturated heterocycles. The SMILES string of the molecule is C.C.C.C.CC(CCCC(C)C1CCC2C3CC=C4CC(OC(=O)CCON5C(=O)CCC5=O)CCC4(C)C3CCC12C)SCl.CCC(C)=O. The molecule has 4 fully saturated rings. The number of nitrogens with zero attached hydrogens (tertiary/aromatic N) is 1. The van der Waals surface area contributed by atoms with Crippen molar-refractivity contribution in [2.75, 3.05) is 6.61 Å². The minimum Gasteiger partial charge on any atom is -0.462 e. The summed E-state index contributed by atoms with van der Waals surface area (Å²) >= 11 is 0. The second-order valence-corrected chi connectivity index (χ2v) is 16.9. The lowest BCUT2D eigenvalue weighted by Crippen LogP contribution is -2.51. The number of allylic oxidation sites excluding steroid dienone is 1. The van der Waals surface area contributed by atoms with E-state index in [0.717, 1.165) is 53.9 Å². The number of ketones is 1. The van der Waals surface area contributed by atoms with Crippen LogP contribution < -0.4 is 0 Å². The van der Waals surface area contributed by atoms with Crippen LogP contribution in [0, 0.1) is 40.4 Å². The van der Waals surface area contributed by atoms with Gasteiger partial charge in [-0.1, -0.05) is 99.8 Å². The molecular formula is C41H74ClNO6S. The van der Waals surface area contributed by atoms with Crippen molar-refractivity contribution in [3.05, 3.63) is 11.6 Å². The lowest BCUT2D eigenvalue weighted by Gasteiger charge is -2.58. The fraction of sp³-hybridized carbons (Fsp3) is 0.854. The first-order valence-electron chi connectivity index (χ1n) is 18.0. The lowest BCUT2D eigenvalue weighted by molar-refractivity contribution is -0.190. The molecule has 9 heteroatoms. The van der Waals surface area contributed by atoms with E-state index in [9.17, 15) is 19.2 Å². The van der Waals surface area contributed by atoms with Gasteiger partial charge in [-0.05, 0) is 109 Å². The third-order valence-corrected chi connectivity index (χ3v) is 14.0. The topological polar surface area (TPSA) is 90.0 Å². The van der Waals surface area contributed by atoms with Crippen LogP contribution in [0.3, 0.4) is 0 Å². The van der Waals surface area contributed by atoms with Crippen LogP contribution in [-0.2, 0) is 28.8 Å². The smallest absolute Gasteiger partial charge is 0.308 e. The fourth-order valence-electron chi connectivity index (χ4n) is 9.84. The number of hydrogen-bond donors (Lipinski definition) is 0. The standard InChI is InChI=1S/C33H50ClNO5S.C4H8O.4CH4/c1-21(6-5-7-22(2)41-34)26-10-11-27-25-9-8-23-20-24(14-17-32(23,3)28(25)15-18-33(26,27)4)40-31(38)16-19-39-35-29(36)12-13-30(35)37;1-3-4(2)5;;;;/h8,21-22,24-28H,5-7,9-20H2,1-4H3;3H2,1-2H3;4*1H4. The Balaban J connectivity index is 0.00000249. The molecule has 0 spiro atoms. The summed E-state index contributed by atoms with van der Waals surface area (Å²) in [5.74, 6) is 3.22. The predicted molar refractivity (Wildman–Crippen MR) is 211 cm³/mol. The van der Waals surface area contributed by atoms with Crippen LogP contribution in [-0.4, -0.2) is 46.6 Å². The van der Waals surface area contributed by atoms with Gasteiger partial charge in [-0.3, -0.25) is 19.2 Å². The fourth-order valence-corrected chi connectivity index (χ4v) is 10.4. The Hall–Kier alpha value is -1.38. The zero-order valence-corrected chi connectivity index (χ0v) is 30.7. The van der Waals surface area contributed by atoms with Crippen molar-refractivity contribution < 1.29 is 28.8 Å². The summed E-state index contributed by atoms with van der Waals surface area (Å²) in [5, 5.41) is 1.34. The molecule has 9 unspecified atom stereocenters. The Labute approximate surface area is 315 Å². The summed E-state index contributed by atoms with van der Waals surface area (Å²) in [6.45, 7) is 13.3. The van der Waals surface area contributed by atoms with Gasteiger partial charge in [-0.25, -0.2) is 0 Å². The average molecular weight is 745 g/mol. The van der Waals surface area contributed by atoms with Gasteiger partial charge in [-0.15, -0.1) is 0 Å². The van der Waals surface area contributed by atoms with Crippen molar-refractivity contribution >= 4 is 45.2 Å². The number of amides is 2. The van der Waals surface area contributed by atoms with E-state index in [1.54, 1.807) is 6.92 Å². The minimum absolute atomic E-state index is 0. The number of esters is 1.